The van der Waals surface area contributed by atoms with Gasteiger partial charge in [0.15, 0.2) is 11.5 Å². The molecule has 23 heavy (non-hydrogen) atoms. The first-order chi connectivity index (χ1) is 11.3. The molecule has 3 aromatic rings. The number of halogens is 1. The van der Waals surface area contributed by atoms with E-state index in [0.717, 1.165) is 49.5 Å². The average molecular weight is 328 g/mol. The van der Waals surface area contributed by atoms with E-state index in [1.165, 1.54) is 5.56 Å². The molecular weight excluding hydrogens is 310 g/mol. The number of pyridine rings is 1. The third-order valence-electron chi connectivity index (χ3n) is 4.36. The second-order valence-corrected chi connectivity index (χ2v) is 6.47. The lowest BCUT2D eigenvalue weighted by Crippen LogP contribution is -2.34. The quantitative estimate of drug-likeness (QED) is 0.674. The number of para-hydroxylation sites is 2. The molecule has 0 bridgehead atoms. The van der Waals surface area contributed by atoms with Gasteiger partial charge in [-0.2, -0.15) is 0 Å². The van der Waals surface area contributed by atoms with Gasteiger partial charge in [-0.3, -0.25) is 4.90 Å². The number of fused-ring (bicyclic) bond motifs is 1. The van der Waals surface area contributed by atoms with Crippen LogP contribution in [-0.2, 0) is 6.54 Å². The third-order valence-corrected chi connectivity index (χ3v) is 4.58. The summed E-state index contributed by atoms with van der Waals surface area (Å²) < 4.78 is 5.95. The predicted molar refractivity (Wildman–Crippen MR) is 90.5 cm³/mol. The van der Waals surface area contributed by atoms with Crippen molar-refractivity contribution in [3.8, 4) is 0 Å². The fourth-order valence-electron chi connectivity index (χ4n) is 3.22. The van der Waals surface area contributed by atoms with Crippen molar-refractivity contribution in [2.24, 2.45) is 0 Å². The number of nitrogens with zero attached hydrogens (tertiary/aromatic N) is 3. The molecule has 0 aliphatic carbocycles. The third kappa shape index (κ3) is 3.23. The summed E-state index contributed by atoms with van der Waals surface area (Å²) in [7, 11) is 0. The number of rotatable bonds is 3. The lowest BCUT2D eigenvalue weighted by molar-refractivity contribution is 0.187. The lowest BCUT2D eigenvalue weighted by Gasteiger charge is -2.31. The van der Waals surface area contributed by atoms with Crippen LogP contribution in [0.5, 0.6) is 0 Å². The van der Waals surface area contributed by atoms with Crippen molar-refractivity contribution < 1.29 is 4.42 Å². The number of hydrogen-bond donors (Lipinski definition) is 0. The molecule has 1 fully saturated rings. The Morgan fingerprint density at radius 1 is 1.22 bits per heavy atom. The number of benzene rings is 1. The highest BCUT2D eigenvalue weighted by atomic mass is 35.5. The summed E-state index contributed by atoms with van der Waals surface area (Å²) >= 11 is 5.85. The van der Waals surface area contributed by atoms with Gasteiger partial charge in [0.05, 0.1) is 0 Å². The van der Waals surface area contributed by atoms with Crippen molar-refractivity contribution in [2.75, 3.05) is 13.1 Å². The van der Waals surface area contributed by atoms with Gasteiger partial charge in [-0.25, -0.2) is 9.97 Å². The van der Waals surface area contributed by atoms with Gasteiger partial charge in [-0.1, -0.05) is 29.8 Å². The minimum absolute atomic E-state index is 0.358. The monoisotopic (exact) mass is 327 g/mol. The number of oxazole rings is 1. The van der Waals surface area contributed by atoms with Gasteiger partial charge in [0.2, 0.25) is 0 Å². The van der Waals surface area contributed by atoms with Gasteiger partial charge >= 0.3 is 0 Å². The van der Waals surface area contributed by atoms with Crippen molar-refractivity contribution in [3.63, 3.8) is 0 Å². The maximum atomic E-state index is 5.95. The van der Waals surface area contributed by atoms with E-state index in [1.54, 1.807) is 0 Å². The number of likely N-dealkylation sites (tertiary alicyclic amines) is 1. The highest BCUT2D eigenvalue weighted by molar-refractivity contribution is 6.29. The molecule has 1 aliphatic heterocycles. The van der Waals surface area contributed by atoms with E-state index in [4.69, 9.17) is 16.0 Å². The molecule has 3 heterocycles. The summed E-state index contributed by atoms with van der Waals surface area (Å²) in [5.74, 6) is 1.22. The maximum absolute atomic E-state index is 5.95. The zero-order valence-corrected chi connectivity index (χ0v) is 13.5. The topological polar surface area (TPSA) is 42.2 Å². The van der Waals surface area contributed by atoms with Crippen LogP contribution in [0.25, 0.3) is 11.1 Å². The molecule has 4 nitrogen and oxygen atoms in total. The standard InChI is InChI=1S/C18H18ClN3O/c19-17-8-7-13(10-20-17)11-22-9-3-4-14(12-22)18-21-15-5-1-2-6-16(15)23-18/h1-2,5-8,10,14H,3-4,9,11-12H2/t14-/m1/s1. The van der Waals surface area contributed by atoms with Crippen molar-refractivity contribution in [1.82, 2.24) is 14.9 Å². The van der Waals surface area contributed by atoms with Crippen LogP contribution in [0, 0.1) is 0 Å². The molecule has 0 N–H and O–H groups in total. The molecular formula is C18H18ClN3O. The summed E-state index contributed by atoms with van der Waals surface area (Å²) in [5.41, 5.74) is 3.01. The summed E-state index contributed by atoms with van der Waals surface area (Å²) in [5, 5.41) is 0.539. The van der Waals surface area contributed by atoms with Crippen LogP contribution >= 0.6 is 11.6 Å². The van der Waals surface area contributed by atoms with Gasteiger partial charge in [-0.15, -0.1) is 0 Å². The van der Waals surface area contributed by atoms with Crippen molar-refractivity contribution in [1.29, 1.82) is 0 Å². The zero-order valence-electron chi connectivity index (χ0n) is 12.8. The molecule has 0 spiro atoms. The molecule has 1 atom stereocenters. The second kappa shape index (κ2) is 6.30. The molecule has 0 saturated carbocycles. The fourth-order valence-corrected chi connectivity index (χ4v) is 3.34. The second-order valence-electron chi connectivity index (χ2n) is 6.08. The first-order valence-electron chi connectivity index (χ1n) is 7.96. The van der Waals surface area contributed by atoms with Gasteiger partial charge < -0.3 is 4.42 Å². The normalized spacial score (nSPS) is 19.3. The predicted octanol–water partition coefficient (Wildman–Crippen LogP) is 4.26. The van der Waals surface area contributed by atoms with Crippen LogP contribution in [0.1, 0.15) is 30.2 Å². The molecule has 1 saturated heterocycles. The van der Waals surface area contributed by atoms with Gasteiger partial charge in [0.25, 0.3) is 0 Å². The van der Waals surface area contributed by atoms with E-state index >= 15 is 0 Å². The molecule has 0 unspecified atom stereocenters. The maximum Gasteiger partial charge on any atom is 0.199 e. The molecule has 118 valence electrons. The van der Waals surface area contributed by atoms with Crippen molar-refractivity contribution in [3.05, 3.63) is 59.2 Å². The summed E-state index contributed by atoms with van der Waals surface area (Å²) in [6.45, 7) is 2.95. The average Bonchev–Trinajstić information content (AvgIpc) is 3.01. The highest BCUT2D eigenvalue weighted by Gasteiger charge is 2.25. The largest absolute Gasteiger partial charge is 0.440 e. The van der Waals surface area contributed by atoms with Crippen LogP contribution < -0.4 is 0 Å². The van der Waals surface area contributed by atoms with E-state index in [0.29, 0.717) is 11.1 Å². The summed E-state index contributed by atoms with van der Waals surface area (Å²) in [4.78, 5) is 11.3. The molecule has 1 aromatic carbocycles. The van der Waals surface area contributed by atoms with Crippen LogP contribution in [0.4, 0.5) is 0 Å². The minimum atomic E-state index is 0.358. The molecule has 0 amide bonds. The highest BCUT2D eigenvalue weighted by Crippen LogP contribution is 2.29. The van der Waals surface area contributed by atoms with Crippen molar-refractivity contribution in [2.45, 2.75) is 25.3 Å². The summed E-state index contributed by atoms with van der Waals surface area (Å²) in [6.07, 6.45) is 4.14. The van der Waals surface area contributed by atoms with Crippen LogP contribution in [0.3, 0.4) is 0 Å². The SMILES string of the molecule is Clc1ccc(CN2CCC[C@@H](c3nc4ccccc4o3)C2)cn1. The Morgan fingerprint density at radius 2 is 2.13 bits per heavy atom. The smallest absolute Gasteiger partial charge is 0.199 e. The minimum Gasteiger partial charge on any atom is -0.440 e. The molecule has 0 radical (unpaired) electrons. The fraction of sp³-hybridized carbons (Fsp3) is 0.333. The van der Waals surface area contributed by atoms with Gasteiger partial charge in [0, 0.05) is 25.2 Å². The van der Waals surface area contributed by atoms with Crippen LogP contribution in [0.2, 0.25) is 5.15 Å². The number of aromatic nitrogens is 2. The van der Waals surface area contributed by atoms with E-state index < -0.39 is 0 Å². The first-order valence-corrected chi connectivity index (χ1v) is 8.34. The van der Waals surface area contributed by atoms with Gasteiger partial charge in [-0.05, 0) is 43.1 Å². The van der Waals surface area contributed by atoms with E-state index in [1.807, 2.05) is 42.6 Å². The number of piperidine rings is 1. The van der Waals surface area contributed by atoms with Crippen LogP contribution in [0.15, 0.2) is 47.0 Å². The lowest BCUT2D eigenvalue weighted by atomic mass is 9.97. The van der Waals surface area contributed by atoms with E-state index in [9.17, 15) is 0 Å². The van der Waals surface area contributed by atoms with E-state index in [-0.39, 0.29) is 0 Å². The Balaban J connectivity index is 1.49. The molecule has 2 aromatic heterocycles. The first kappa shape index (κ1) is 14.7. The summed E-state index contributed by atoms with van der Waals surface area (Å²) in [6, 6.07) is 11.8. The molecule has 5 heteroatoms. The van der Waals surface area contributed by atoms with Gasteiger partial charge in [0.1, 0.15) is 10.7 Å². The van der Waals surface area contributed by atoms with E-state index in [2.05, 4.69) is 14.9 Å². The molecule has 1 aliphatic rings. The molecule has 4 rings (SSSR count). The Hall–Kier alpha value is -1.91. The Morgan fingerprint density at radius 3 is 2.96 bits per heavy atom. The van der Waals surface area contributed by atoms with Crippen LogP contribution in [-0.4, -0.2) is 28.0 Å². The zero-order chi connectivity index (χ0) is 15.6. The Kier molecular flexibility index (Phi) is 4.02. The Labute approximate surface area is 140 Å². The Bertz CT molecular complexity index is 766. The number of hydrogen-bond acceptors (Lipinski definition) is 4. The van der Waals surface area contributed by atoms with Crippen molar-refractivity contribution >= 4 is 22.7 Å².